The minimum atomic E-state index is -0.564. The summed E-state index contributed by atoms with van der Waals surface area (Å²) in [4.78, 5) is 23.0. The number of ether oxygens (including phenoxy) is 1. The van der Waals surface area contributed by atoms with Gasteiger partial charge in [0.2, 0.25) is 0 Å². The van der Waals surface area contributed by atoms with Crippen molar-refractivity contribution in [3.05, 3.63) is 29.6 Å². The Morgan fingerprint density at radius 2 is 2.22 bits per heavy atom. The maximum Gasteiger partial charge on any atom is 0.253 e. The molecule has 1 unspecified atom stereocenters. The van der Waals surface area contributed by atoms with Crippen LogP contribution in [0.25, 0.3) is 0 Å². The van der Waals surface area contributed by atoms with Crippen LogP contribution in [0, 0.1) is 5.82 Å². The number of anilines is 1. The molecule has 1 N–H and O–H groups in total. The van der Waals surface area contributed by atoms with Crippen molar-refractivity contribution in [3.8, 4) is 0 Å². The monoisotopic (exact) mass is 251 g/mol. The van der Waals surface area contributed by atoms with Crippen LogP contribution in [0.3, 0.4) is 0 Å². The van der Waals surface area contributed by atoms with Gasteiger partial charge in [-0.2, -0.15) is 0 Å². The molecule has 0 bridgehead atoms. The number of benzene rings is 1. The molecule has 0 aromatic heterocycles. The molecule has 1 aliphatic rings. The minimum absolute atomic E-state index is 0.0169. The Hall–Kier alpha value is -1.75. The van der Waals surface area contributed by atoms with Crippen LogP contribution in [-0.2, 0) is 9.53 Å². The Morgan fingerprint density at radius 1 is 1.44 bits per heavy atom. The molecule has 1 saturated heterocycles. The van der Waals surface area contributed by atoms with E-state index in [1.165, 1.54) is 25.1 Å². The lowest BCUT2D eigenvalue weighted by Gasteiger charge is -2.11. The van der Waals surface area contributed by atoms with Crippen molar-refractivity contribution in [1.29, 1.82) is 0 Å². The van der Waals surface area contributed by atoms with E-state index in [0.29, 0.717) is 18.6 Å². The van der Waals surface area contributed by atoms with E-state index in [1.54, 1.807) is 0 Å². The Balaban J connectivity index is 2.14. The molecule has 1 aromatic rings. The van der Waals surface area contributed by atoms with Crippen molar-refractivity contribution in [2.45, 2.75) is 25.9 Å². The molecule has 18 heavy (non-hydrogen) atoms. The molecule has 0 spiro atoms. The van der Waals surface area contributed by atoms with Crippen LogP contribution >= 0.6 is 0 Å². The first-order valence-electron chi connectivity index (χ1n) is 5.81. The fraction of sp³-hybridized carbons (Fsp3) is 0.385. The fourth-order valence-corrected chi connectivity index (χ4v) is 1.84. The molecule has 96 valence electrons. The molecule has 1 aromatic carbocycles. The van der Waals surface area contributed by atoms with Gasteiger partial charge in [0.25, 0.3) is 5.91 Å². The smallest absolute Gasteiger partial charge is 0.253 e. The molecule has 0 radical (unpaired) electrons. The molecule has 1 atom stereocenters. The largest absolute Gasteiger partial charge is 0.368 e. The third-order valence-corrected chi connectivity index (χ3v) is 2.85. The Kier molecular flexibility index (Phi) is 3.72. The second-order valence-corrected chi connectivity index (χ2v) is 4.24. The van der Waals surface area contributed by atoms with Crippen LogP contribution in [0.2, 0.25) is 0 Å². The number of hydrogen-bond donors (Lipinski definition) is 1. The SMILES string of the molecule is CC(=O)c1ccc(F)c(NC(=O)C2CCCO2)c1. The van der Waals surface area contributed by atoms with Gasteiger partial charge < -0.3 is 10.1 Å². The zero-order chi connectivity index (χ0) is 13.1. The van der Waals surface area contributed by atoms with Gasteiger partial charge in [0.05, 0.1) is 5.69 Å². The van der Waals surface area contributed by atoms with Gasteiger partial charge in [0.15, 0.2) is 5.78 Å². The highest BCUT2D eigenvalue weighted by molar-refractivity contribution is 5.98. The van der Waals surface area contributed by atoms with Gasteiger partial charge in [0.1, 0.15) is 11.9 Å². The summed E-state index contributed by atoms with van der Waals surface area (Å²) < 4.78 is 18.7. The van der Waals surface area contributed by atoms with Crippen molar-refractivity contribution in [2.75, 3.05) is 11.9 Å². The Bertz CT molecular complexity index is 481. The molecular formula is C13H14FNO3. The van der Waals surface area contributed by atoms with Crippen molar-refractivity contribution < 1.29 is 18.7 Å². The van der Waals surface area contributed by atoms with Crippen LogP contribution in [-0.4, -0.2) is 24.4 Å². The minimum Gasteiger partial charge on any atom is -0.368 e. The van der Waals surface area contributed by atoms with Gasteiger partial charge in [-0.05, 0) is 38.0 Å². The molecule has 1 amide bonds. The van der Waals surface area contributed by atoms with Crippen LogP contribution in [0.1, 0.15) is 30.1 Å². The van der Waals surface area contributed by atoms with Crippen LogP contribution in [0.5, 0.6) is 0 Å². The molecule has 1 aliphatic heterocycles. The number of rotatable bonds is 3. The Labute approximate surface area is 104 Å². The highest BCUT2D eigenvalue weighted by Crippen LogP contribution is 2.19. The number of carbonyl (C=O) groups excluding carboxylic acids is 2. The van der Waals surface area contributed by atoms with Gasteiger partial charge in [-0.15, -0.1) is 0 Å². The van der Waals surface area contributed by atoms with E-state index in [-0.39, 0.29) is 17.4 Å². The summed E-state index contributed by atoms with van der Waals surface area (Å²) in [7, 11) is 0. The zero-order valence-electron chi connectivity index (χ0n) is 10.0. The van der Waals surface area contributed by atoms with Crippen molar-refractivity contribution in [1.82, 2.24) is 0 Å². The zero-order valence-corrected chi connectivity index (χ0v) is 10.0. The number of hydrogen-bond acceptors (Lipinski definition) is 3. The first-order chi connectivity index (χ1) is 8.58. The number of Topliss-reactive ketones (excluding diaryl/α,β-unsaturated/α-hetero) is 1. The predicted octanol–water partition coefficient (Wildman–Crippen LogP) is 2.15. The maximum absolute atomic E-state index is 13.5. The molecule has 0 saturated carbocycles. The second kappa shape index (κ2) is 5.27. The Morgan fingerprint density at radius 3 is 2.83 bits per heavy atom. The first kappa shape index (κ1) is 12.7. The molecule has 1 heterocycles. The van der Waals surface area contributed by atoms with Gasteiger partial charge in [-0.25, -0.2) is 4.39 Å². The standard InChI is InChI=1S/C13H14FNO3/c1-8(16)9-4-5-10(14)11(7-9)15-13(17)12-3-2-6-18-12/h4-5,7,12H,2-3,6H2,1H3,(H,15,17). The normalized spacial score (nSPS) is 18.7. The van der Waals surface area contributed by atoms with Crippen molar-refractivity contribution in [3.63, 3.8) is 0 Å². The second-order valence-electron chi connectivity index (χ2n) is 4.24. The van der Waals surface area contributed by atoms with E-state index < -0.39 is 11.9 Å². The molecule has 1 fully saturated rings. The summed E-state index contributed by atoms with van der Waals surface area (Å²) in [6, 6.07) is 3.89. The van der Waals surface area contributed by atoms with E-state index in [0.717, 1.165) is 6.42 Å². The lowest BCUT2D eigenvalue weighted by atomic mass is 10.1. The summed E-state index contributed by atoms with van der Waals surface area (Å²) in [6.45, 7) is 1.94. The summed E-state index contributed by atoms with van der Waals surface area (Å²) in [5.74, 6) is -1.11. The fourth-order valence-electron chi connectivity index (χ4n) is 1.84. The maximum atomic E-state index is 13.5. The number of nitrogens with one attached hydrogen (secondary N) is 1. The van der Waals surface area contributed by atoms with Gasteiger partial charge in [-0.3, -0.25) is 9.59 Å². The topological polar surface area (TPSA) is 55.4 Å². The molecule has 4 nitrogen and oxygen atoms in total. The molecular weight excluding hydrogens is 237 g/mol. The average molecular weight is 251 g/mol. The third-order valence-electron chi connectivity index (χ3n) is 2.85. The predicted molar refractivity (Wildman–Crippen MR) is 64.0 cm³/mol. The molecule has 0 aliphatic carbocycles. The highest BCUT2D eigenvalue weighted by atomic mass is 19.1. The first-order valence-corrected chi connectivity index (χ1v) is 5.81. The van der Waals surface area contributed by atoms with Crippen molar-refractivity contribution in [2.24, 2.45) is 0 Å². The number of amides is 1. The van der Waals surface area contributed by atoms with E-state index in [2.05, 4.69) is 5.32 Å². The number of halogens is 1. The lowest BCUT2D eigenvalue weighted by Crippen LogP contribution is -2.27. The van der Waals surface area contributed by atoms with Crippen molar-refractivity contribution >= 4 is 17.4 Å². The van der Waals surface area contributed by atoms with Gasteiger partial charge >= 0.3 is 0 Å². The van der Waals surface area contributed by atoms with Gasteiger partial charge in [-0.1, -0.05) is 0 Å². The summed E-state index contributed by atoms with van der Waals surface area (Å²) in [5, 5.41) is 2.46. The number of ketones is 1. The average Bonchev–Trinajstić information content (AvgIpc) is 2.85. The quantitative estimate of drug-likeness (QED) is 0.837. The summed E-state index contributed by atoms with van der Waals surface area (Å²) in [5.41, 5.74) is 0.377. The number of carbonyl (C=O) groups is 2. The third kappa shape index (κ3) is 2.73. The van der Waals surface area contributed by atoms with E-state index in [4.69, 9.17) is 4.74 Å². The highest BCUT2D eigenvalue weighted by Gasteiger charge is 2.24. The summed E-state index contributed by atoms with van der Waals surface area (Å²) >= 11 is 0. The van der Waals surface area contributed by atoms with E-state index in [1.807, 2.05) is 0 Å². The van der Waals surface area contributed by atoms with E-state index >= 15 is 0 Å². The van der Waals surface area contributed by atoms with Crippen LogP contribution < -0.4 is 5.32 Å². The van der Waals surface area contributed by atoms with Gasteiger partial charge in [0, 0.05) is 12.2 Å². The molecule has 2 rings (SSSR count). The van der Waals surface area contributed by atoms with Crippen LogP contribution in [0.15, 0.2) is 18.2 Å². The van der Waals surface area contributed by atoms with Crippen LogP contribution in [0.4, 0.5) is 10.1 Å². The lowest BCUT2D eigenvalue weighted by molar-refractivity contribution is -0.124. The summed E-state index contributed by atoms with van der Waals surface area (Å²) in [6.07, 6.45) is 0.943. The molecule has 5 heteroatoms. The van der Waals surface area contributed by atoms with E-state index in [9.17, 15) is 14.0 Å².